The van der Waals surface area contributed by atoms with Crippen molar-refractivity contribution in [3.05, 3.63) is 47.4 Å². The molecular formula is C23H29F3N3O7PS. The minimum atomic E-state index is -4.38. The Morgan fingerprint density at radius 2 is 1.95 bits per heavy atom. The van der Waals surface area contributed by atoms with E-state index in [-0.39, 0.29) is 16.3 Å². The Kier molecular flexibility index (Phi) is 9.25. The summed E-state index contributed by atoms with van der Waals surface area (Å²) in [5.41, 5.74) is 2.21. The molecule has 1 aromatic heterocycles. The van der Waals surface area contributed by atoms with E-state index in [1.807, 2.05) is 0 Å². The SMILES string of the molecule is CC(C)OC(=O)[C@H](C)CP(=O)(OC[C@@]1(F)O[C@@H](n2ccc(N)nc2=S)C(F)(CF)[C@H]1O)Oc1ccccc1. The fourth-order valence-electron chi connectivity index (χ4n) is 3.69. The molecule has 3 N–H and O–H groups in total. The van der Waals surface area contributed by atoms with E-state index >= 15 is 8.78 Å². The van der Waals surface area contributed by atoms with Gasteiger partial charge < -0.3 is 24.8 Å². The summed E-state index contributed by atoms with van der Waals surface area (Å²) in [6.07, 6.45) is -4.76. The molecule has 210 valence electrons. The van der Waals surface area contributed by atoms with Gasteiger partial charge in [-0.3, -0.25) is 13.9 Å². The molecule has 2 unspecified atom stereocenters. The number of hydrogen-bond acceptors (Lipinski definition) is 10. The highest BCUT2D eigenvalue weighted by molar-refractivity contribution is 7.71. The van der Waals surface area contributed by atoms with Crippen LogP contribution in [0.25, 0.3) is 0 Å². The lowest BCUT2D eigenvalue weighted by Crippen LogP contribution is -2.49. The van der Waals surface area contributed by atoms with Crippen LogP contribution in [0.15, 0.2) is 42.6 Å². The summed E-state index contributed by atoms with van der Waals surface area (Å²) < 4.78 is 80.6. The molecule has 2 aromatic rings. The van der Waals surface area contributed by atoms with Gasteiger partial charge in [0.15, 0.2) is 12.3 Å². The van der Waals surface area contributed by atoms with Gasteiger partial charge in [-0.2, -0.15) is 0 Å². The fraction of sp³-hybridized carbons (Fsp3) is 0.522. The van der Waals surface area contributed by atoms with Crippen LogP contribution in [0.2, 0.25) is 0 Å². The van der Waals surface area contributed by atoms with Crippen molar-refractivity contribution in [3.63, 3.8) is 0 Å². The second-order valence-electron chi connectivity index (χ2n) is 9.12. The summed E-state index contributed by atoms with van der Waals surface area (Å²) in [5.74, 6) is -5.10. The first-order valence-electron chi connectivity index (χ1n) is 11.6. The largest absolute Gasteiger partial charge is 0.463 e. The zero-order chi connectivity index (χ0) is 28.3. The highest BCUT2D eigenvalue weighted by Crippen LogP contribution is 2.54. The molecular weight excluding hydrogens is 550 g/mol. The summed E-state index contributed by atoms with van der Waals surface area (Å²) in [7, 11) is -4.38. The molecule has 0 spiro atoms. The molecule has 1 aliphatic rings. The first-order chi connectivity index (χ1) is 17.7. The number of nitrogens with two attached hydrogens (primary N) is 1. The van der Waals surface area contributed by atoms with E-state index in [0.717, 1.165) is 10.8 Å². The Labute approximate surface area is 222 Å². The Hall–Kier alpha value is -2.51. The predicted octanol–water partition coefficient (Wildman–Crippen LogP) is 4.30. The van der Waals surface area contributed by atoms with Crippen molar-refractivity contribution >= 4 is 31.6 Å². The van der Waals surface area contributed by atoms with Crippen molar-refractivity contribution in [2.24, 2.45) is 5.92 Å². The third kappa shape index (κ3) is 6.55. The Balaban J connectivity index is 1.88. The van der Waals surface area contributed by atoms with Crippen LogP contribution >= 0.6 is 19.8 Å². The number of carbonyl (C=O) groups is 1. The number of para-hydroxylation sites is 1. The van der Waals surface area contributed by atoms with Gasteiger partial charge in [0.25, 0.3) is 5.85 Å². The molecule has 1 saturated heterocycles. The first-order valence-corrected chi connectivity index (χ1v) is 13.7. The first kappa shape index (κ1) is 30.0. The zero-order valence-corrected chi connectivity index (χ0v) is 22.5. The molecule has 3 rings (SSSR count). The van der Waals surface area contributed by atoms with Gasteiger partial charge in [-0.1, -0.05) is 25.1 Å². The van der Waals surface area contributed by atoms with Gasteiger partial charge in [-0.05, 0) is 44.3 Å². The molecule has 15 heteroatoms. The topological polar surface area (TPSA) is 135 Å². The third-order valence-corrected chi connectivity index (χ3v) is 7.90. The van der Waals surface area contributed by atoms with E-state index in [0.29, 0.717) is 0 Å². The van der Waals surface area contributed by atoms with Crippen LogP contribution < -0.4 is 10.3 Å². The lowest BCUT2D eigenvalue weighted by atomic mass is 9.96. The number of anilines is 1. The quantitative estimate of drug-likeness (QED) is 0.225. The number of aliphatic hydroxyl groups excluding tert-OH is 1. The smallest absolute Gasteiger partial charge is 0.380 e. The minimum Gasteiger partial charge on any atom is -0.463 e. The number of halogens is 3. The van der Waals surface area contributed by atoms with E-state index in [1.54, 1.807) is 32.0 Å². The van der Waals surface area contributed by atoms with Crippen LogP contribution in [-0.4, -0.2) is 63.8 Å². The normalized spacial score (nSPS) is 27.6. The molecule has 0 bridgehead atoms. The van der Waals surface area contributed by atoms with Gasteiger partial charge in [-0.25, -0.2) is 22.7 Å². The molecule has 10 nitrogen and oxygen atoms in total. The van der Waals surface area contributed by atoms with Crippen molar-refractivity contribution in [3.8, 4) is 5.75 Å². The van der Waals surface area contributed by atoms with Gasteiger partial charge in [-0.15, -0.1) is 0 Å². The summed E-state index contributed by atoms with van der Waals surface area (Å²) in [6, 6.07) is 8.89. The molecule has 0 radical (unpaired) electrons. The minimum absolute atomic E-state index is 0.0338. The van der Waals surface area contributed by atoms with Crippen molar-refractivity contribution in [1.82, 2.24) is 9.55 Å². The van der Waals surface area contributed by atoms with Crippen molar-refractivity contribution in [1.29, 1.82) is 0 Å². The number of benzene rings is 1. The maximum atomic E-state index is 15.9. The van der Waals surface area contributed by atoms with Crippen LogP contribution in [0, 0.1) is 10.7 Å². The number of esters is 1. The lowest BCUT2D eigenvalue weighted by Gasteiger charge is -2.28. The summed E-state index contributed by atoms with van der Waals surface area (Å²) in [5, 5.41) is 10.5. The highest BCUT2D eigenvalue weighted by atomic mass is 32.1. The van der Waals surface area contributed by atoms with Crippen molar-refractivity contribution in [2.75, 3.05) is 25.2 Å². The standard InChI is InChI=1S/C23H29F3N3O7PS/c1-14(2)34-18(30)15(3)11-37(32,36-16-7-5-4-6-8-16)33-13-23(26)19(31)22(25,12-24)20(35-23)29-10-9-17(27)28-21(29)38/h4-10,14-15,19-20,31H,11-13H2,1-3H3,(H2,27,28,38)/t15-,19-,20-,22?,23-,37?/m1/s1. The summed E-state index contributed by atoms with van der Waals surface area (Å²) >= 11 is 5.00. The highest BCUT2D eigenvalue weighted by Gasteiger charge is 2.67. The van der Waals surface area contributed by atoms with Crippen LogP contribution in [0.5, 0.6) is 5.75 Å². The Morgan fingerprint density at radius 3 is 2.53 bits per heavy atom. The molecule has 0 amide bonds. The molecule has 2 heterocycles. The molecule has 1 aromatic carbocycles. The zero-order valence-electron chi connectivity index (χ0n) is 20.8. The Bertz CT molecular complexity index is 1240. The van der Waals surface area contributed by atoms with E-state index in [2.05, 4.69) is 4.98 Å². The number of aliphatic hydroxyl groups is 1. The molecule has 38 heavy (non-hydrogen) atoms. The van der Waals surface area contributed by atoms with Gasteiger partial charge in [0.2, 0.25) is 10.4 Å². The predicted molar refractivity (Wildman–Crippen MR) is 133 cm³/mol. The second-order valence-corrected chi connectivity index (χ2v) is 11.5. The van der Waals surface area contributed by atoms with E-state index in [4.69, 9.17) is 36.5 Å². The summed E-state index contributed by atoms with van der Waals surface area (Å²) in [4.78, 5) is 16.1. The van der Waals surface area contributed by atoms with E-state index in [9.17, 15) is 18.9 Å². The summed E-state index contributed by atoms with van der Waals surface area (Å²) in [6.45, 7) is 1.44. The van der Waals surface area contributed by atoms with Crippen LogP contribution in [0.4, 0.5) is 19.0 Å². The Morgan fingerprint density at radius 1 is 1.29 bits per heavy atom. The molecule has 1 fully saturated rings. The van der Waals surface area contributed by atoms with Crippen molar-refractivity contribution < 1.29 is 46.2 Å². The van der Waals surface area contributed by atoms with Crippen LogP contribution in [0.3, 0.4) is 0 Å². The monoisotopic (exact) mass is 579 g/mol. The number of alkyl halides is 3. The number of carbonyl (C=O) groups excluding carboxylic acids is 1. The molecule has 1 aliphatic heterocycles. The number of aromatic nitrogens is 2. The lowest BCUT2D eigenvalue weighted by molar-refractivity contribution is -0.203. The van der Waals surface area contributed by atoms with Gasteiger partial charge in [0, 0.05) is 6.20 Å². The van der Waals surface area contributed by atoms with Crippen molar-refractivity contribution in [2.45, 2.75) is 50.7 Å². The van der Waals surface area contributed by atoms with E-state index < -0.39 is 68.9 Å². The number of nitrogens with zero attached hydrogens (tertiary/aromatic N) is 2. The van der Waals surface area contributed by atoms with Gasteiger partial charge in [0.1, 0.15) is 24.8 Å². The molecule has 6 atom stereocenters. The third-order valence-electron chi connectivity index (χ3n) is 5.59. The van der Waals surface area contributed by atoms with E-state index in [1.165, 1.54) is 25.1 Å². The number of nitrogen functional groups attached to an aromatic ring is 1. The fourth-order valence-corrected chi connectivity index (χ4v) is 5.82. The second kappa shape index (κ2) is 11.7. The van der Waals surface area contributed by atoms with Crippen LogP contribution in [0.1, 0.15) is 27.0 Å². The van der Waals surface area contributed by atoms with Gasteiger partial charge in [0.05, 0.1) is 18.2 Å². The average molecular weight is 580 g/mol. The van der Waals surface area contributed by atoms with Crippen LogP contribution in [-0.2, 0) is 23.4 Å². The molecule has 0 aliphatic carbocycles. The maximum Gasteiger partial charge on any atom is 0.380 e. The van der Waals surface area contributed by atoms with Gasteiger partial charge >= 0.3 is 13.6 Å². The number of ether oxygens (including phenoxy) is 2. The average Bonchev–Trinajstić information content (AvgIpc) is 3.05. The number of hydrogen-bond donors (Lipinski definition) is 2. The molecule has 0 saturated carbocycles. The maximum absolute atomic E-state index is 15.9. The number of rotatable bonds is 11.